The lowest BCUT2D eigenvalue weighted by Crippen LogP contribution is -1.96. The van der Waals surface area contributed by atoms with Gasteiger partial charge in [-0.15, -0.1) is 22.7 Å². The molecule has 0 unspecified atom stereocenters. The van der Waals surface area contributed by atoms with E-state index in [9.17, 15) is 0 Å². The second-order valence-electron chi connectivity index (χ2n) is 30.2. The minimum atomic E-state index is 1.16. The first-order valence-corrected chi connectivity index (χ1v) is 41.6. The Balaban J connectivity index is 0.000000110. The number of aromatic nitrogens is 4. The third-order valence-corrected chi connectivity index (χ3v) is 27.6. The van der Waals surface area contributed by atoms with Crippen molar-refractivity contribution in [3.05, 3.63) is 393 Å². The summed E-state index contributed by atoms with van der Waals surface area (Å²) in [7, 11) is 0. The van der Waals surface area contributed by atoms with Gasteiger partial charge in [0, 0.05) is 106 Å². The van der Waals surface area contributed by atoms with Crippen LogP contribution in [0.15, 0.2) is 393 Å². The Morgan fingerprint density at radius 3 is 0.974 bits per heavy atom. The Kier molecular flexibility index (Phi) is 14.9. The van der Waals surface area contributed by atoms with Crippen molar-refractivity contribution in [3.63, 3.8) is 0 Å². The quantitative estimate of drug-likeness (QED) is 0.167. The number of nitrogens with one attached hydrogen (secondary N) is 1. The van der Waals surface area contributed by atoms with Crippen molar-refractivity contribution in [1.29, 1.82) is 0 Å². The van der Waals surface area contributed by atoms with E-state index < -0.39 is 0 Å². The van der Waals surface area contributed by atoms with E-state index in [1.165, 1.54) is 232 Å². The summed E-state index contributed by atoms with van der Waals surface area (Å²) in [6, 6.07) is 142. The third kappa shape index (κ3) is 10.1. The van der Waals surface area contributed by atoms with E-state index in [4.69, 9.17) is 0 Å². The van der Waals surface area contributed by atoms with Crippen LogP contribution in [0, 0.1) is 0 Å². The number of thiophene rings is 2. The summed E-state index contributed by atoms with van der Waals surface area (Å²) in [6.45, 7) is 0. The van der Waals surface area contributed by atoms with Crippen LogP contribution in [0.5, 0.6) is 0 Å². The van der Waals surface area contributed by atoms with Crippen LogP contribution >= 0.6 is 38.6 Å². The number of fused-ring (bicyclic) bond motifs is 30. The maximum Gasteiger partial charge on any atom is 0.0640 e. The van der Waals surface area contributed by atoms with E-state index in [-0.39, 0.29) is 0 Å². The molecule has 26 aromatic rings. The number of para-hydroxylation sites is 6. The first-order valence-electron chi connectivity index (χ1n) is 39.2. The van der Waals surface area contributed by atoms with Gasteiger partial charge in [0.15, 0.2) is 0 Å². The lowest BCUT2D eigenvalue weighted by molar-refractivity contribution is 1.17. The molecule has 0 fully saturated rings. The zero-order valence-corrected chi connectivity index (χ0v) is 65.2. The number of nitrogens with zero attached hydrogens (tertiary/aromatic N) is 3. The monoisotopic (exact) mass is 1560 g/mol. The van der Waals surface area contributed by atoms with E-state index in [0.717, 1.165) is 4.47 Å². The average Bonchev–Trinajstić information content (AvgIpc) is 1.38. The highest BCUT2D eigenvalue weighted by atomic mass is 79.9. The van der Waals surface area contributed by atoms with Crippen LogP contribution < -0.4 is 0 Å². The molecule has 1 N–H and O–H groups in total. The maximum atomic E-state index is 3.75. The maximum absolute atomic E-state index is 3.75. The van der Waals surface area contributed by atoms with Gasteiger partial charge in [-0.3, -0.25) is 0 Å². The number of halogens is 1. The molecule has 6 heterocycles. The van der Waals surface area contributed by atoms with Gasteiger partial charge in [-0.25, -0.2) is 0 Å². The molecule has 0 saturated carbocycles. The van der Waals surface area contributed by atoms with Crippen LogP contribution in [0.2, 0.25) is 0 Å². The summed E-state index contributed by atoms with van der Waals surface area (Å²) in [5.41, 5.74) is 18.4. The molecule has 0 aliphatic heterocycles. The molecule has 0 bridgehead atoms. The highest BCUT2D eigenvalue weighted by Gasteiger charge is 2.23. The summed E-state index contributed by atoms with van der Waals surface area (Å²) in [4.78, 5) is 3.52. The molecule has 536 valence electrons. The molecular formula is C108H65BrN4S2. The molecule has 26 rings (SSSR count). The van der Waals surface area contributed by atoms with Gasteiger partial charge in [0.25, 0.3) is 0 Å². The normalized spacial score (nSPS) is 12.0. The number of hydrogen-bond donors (Lipinski definition) is 1. The predicted molar refractivity (Wildman–Crippen MR) is 501 cm³/mol. The van der Waals surface area contributed by atoms with Crippen molar-refractivity contribution in [2.75, 3.05) is 0 Å². The van der Waals surface area contributed by atoms with Crippen molar-refractivity contribution in [1.82, 2.24) is 18.7 Å². The van der Waals surface area contributed by atoms with Gasteiger partial charge in [0.1, 0.15) is 0 Å². The van der Waals surface area contributed by atoms with Gasteiger partial charge in [-0.05, 0) is 200 Å². The fourth-order valence-corrected chi connectivity index (χ4v) is 22.3. The largest absolute Gasteiger partial charge is 0.355 e. The standard InChI is InChI=1S/C54H32N2S.C30H17BrS.C24H16N2/c1-2-15-38-36(13-1)37-14-3-4-16-39(37)46-31-33(27-29-40(38)46)35-20-11-21-44-45-22-12-26-52(54(45)57-53(35)44)56-50-25-10-7-19-43(50)47-32-34(28-30-51(47)56)55-48-23-8-5-17-41(48)42-18-6-9-24-49(42)55;31-28-14-6-13-26-25-12-5-11-19(29(25)32-30(26)28)18-15-16-24-22-9-2-1-7-20(22)21-8-3-4-10-23(21)27(24)17-18;1-4-10-21-17(7-1)20-15-16(13-14-22(20)25-21)26-23-11-5-2-8-18(23)19-9-3-6-12-24(19)26/h1-32H;1-17H;1-15,25H. The highest BCUT2D eigenvalue weighted by molar-refractivity contribution is 9.10. The summed E-state index contributed by atoms with van der Waals surface area (Å²) in [5.74, 6) is 0. The van der Waals surface area contributed by atoms with E-state index in [1.807, 2.05) is 22.7 Å². The molecule has 0 atom stereocenters. The lowest BCUT2D eigenvalue weighted by Gasteiger charge is -2.12. The summed E-state index contributed by atoms with van der Waals surface area (Å²) >= 11 is 7.54. The Bertz CT molecular complexity index is 8420. The van der Waals surface area contributed by atoms with Crippen LogP contribution in [0.25, 0.3) is 232 Å². The van der Waals surface area contributed by atoms with E-state index in [1.54, 1.807) is 0 Å². The van der Waals surface area contributed by atoms with Crippen molar-refractivity contribution in [2.45, 2.75) is 0 Å². The molecule has 7 heteroatoms. The Hall–Kier alpha value is -13.9. The first-order chi connectivity index (χ1) is 57.0. The summed E-state index contributed by atoms with van der Waals surface area (Å²) in [5, 5.41) is 31.1. The minimum absolute atomic E-state index is 1.16. The van der Waals surface area contributed by atoms with Gasteiger partial charge in [0.2, 0.25) is 0 Å². The molecule has 0 radical (unpaired) electrons. The van der Waals surface area contributed by atoms with Crippen LogP contribution in [-0.4, -0.2) is 18.7 Å². The SMILES string of the molecule is Brc1cccc2c1sc1c(-c3ccc4c5ccccc5c5ccccc5c4c3)cccc12.c1cc(-c2ccc3c4ccccc4c4ccccc4c3c2)c2sc3c(-n4c5ccccc5c5cc(-n6c7ccccc7c7ccccc76)ccc54)cccc3c2c1.c1ccc2c(c1)[nH]c1ccc(-n3c4ccccc4c4ccccc43)cc12. The number of rotatable bonds is 5. The average molecular weight is 1560 g/mol. The van der Waals surface area contributed by atoms with Crippen LogP contribution in [0.3, 0.4) is 0 Å². The Morgan fingerprint density at radius 1 is 0.191 bits per heavy atom. The van der Waals surface area contributed by atoms with E-state index in [0.29, 0.717) is 0 Å². The number of benzene rings is 20. The molecule has 6 aromatic heterocycles. The molecule has 0 amide bonds. The van der Waals surface area contributed by atoms with Crippen LogP contribution in [-0.2, 0) is 0 Å². The van der Waals surface area contributed by atoms with Gasteiger partial charge >= 0.3 is 0 Å². The number of hydrogen-bond acceptors (Lipinski definition) is 2. The van der Waals surface area contributed by atoms with Crippen molar-refractivity contribution in [3.8, 4) is 39.3 Å². The fourth-order valence-electron chi connectivity index (χ4n) is 19.1. The second-order valence-corrected chi connectivity index (χ2v) is 33.1. The van der Waals surface area contributed by atoms with Crippen molar-refractivity contribution < 1.29 is 0 Å². The van der Waals surface area contributed by atoms with Crippen LogP contribution in [0.1, 0.15) is 0 Å². The molecule has 0 aliphatic rings. The van der Waals surface area contributed by atoms with Gasteiger partial charge in [0.05, 0.1) is 43.5 Å². The minimum Gasteiger partial charge on any atom is -0.355 e. The molecule has 20 aromatic carbocycles. The predicted octanol–water partition coefficient (Wildman–Crippen LogP) is 31.7. The smallest absolute Gasteiger partial charge is 0.0640 e. The molecule has 0 saturated heterocycles. The van der Waals surface area contributed by atoms with Crippen molar-refractivity contribution >= 4 is 231 Å². The van der Waals surface area contributed by atoms with E-state index >= 15 is 0 Å². The zero-order valence-electron chi connectivity index (χ0n) is 62.0. The first kappa shape index (κ1) is 65.8. The summed E-state index contributed by atoms with van der Waals surface area (Å²) < 4.78 is 13.7. The second kappa shape index (κ2) is 26.1. The highest BCUT2D eigenvalue weighted by Crippen LogP contribution is 2.49. The van der Waals surface area contributed by atoms with Gasteiger partial charge < -0.3 is 18.7 Å². The molecule has 0 spiro atoms. The van der Waals surface area contributed by atoms with Gasteiger partial charge in [-0.2, -0.15) is 0 Å². The van der Waals surface area contributed by atoms with E-state index in [2.05, 4.69) is 423 Å². The fraction of sp³-hybridized carbons (Fsp3) is 0. The summed E-state index contributed by atoms with van der Waals surface area (Å²) in [6.07, 6.45) is 0. The number of H-pyrrole nitrogens is 1. The molecule has 4 nitrogen and oxygen atoms in total. The number of aromatic amines is 1. The van der Waals surface area contributed by atoms with Crippen molar-refractivity contribution in [2.24, 2.45) is 0 Å². The molecule has 115 heavy (non-hydrogen) atoms. The Morgan fingerprint density at radius 2 is 0.504 bits per heavy atom. The van der Waals surface area contributed by atoms with Crippen LogP contribution in [0.4, 0.5) is 0 Å². The zero-order chi connectivity index (χ0) is 75.5. The lowest BCUT2D eigenvalue weighted by atomic mass is 9.92. The molecule has 0 aliphatic carbocycles. The van der Waals surface area contributed by atoms with Gasteiger partial charge in [-0.1, -0.05) is 291 Å². The molecular weight excluding hydrogens is 1500 g/mol. The topological polar surface area (TPSA) is 30.6 Å². The third-order valence-electron chi connectivity index (χ3n) is 24.2. The Labute approximate surface area is 676 Å².